The second-order valence-electron chi connectivity index (χ2n) is 5.81. The summed E-state index contributed by atoms with van der Waals surface area (Å²) in [5.41, 5.74) is 3.51. The van der Waals surface area contributed by atoms with Gasteiger partial charge in [0, 0.05) is 35.6 Å². The molecule has 1 saturated heterocycles. The molecule has 0 radical (unpaired) electrons. The number of benzene rings is 1. The van der Waals surface area contributed by atoms with Gasteiger partial charge in [-0.05, 0) is 43.5 Å². The quantitative estimate of drug-likeness (QED) is 0.755. The predicted molar refractivity (Wildman–Crippen MR) is 70.3 cm³/mol. The van der Waals surface area contributed by atoms with E-state index >= 15 is 0 Å². The van der Waals surface area contributed by atoms with Gasteiger partial charge in [-0.3, -0.25) is 0 Å². The molecule has 94 valence electrons. The second kappa shape index (κ2) is 3.58. The third-order valence-corrected chi connectivity index (χ3v) is 4.65. The zero-order valence-corrected chi connectivity index (χ0v) is 10.5. The Balaban J connectivity index is 1.97. The van der Waals surface area contributed by atoms with Gasteiger partial charge >= 0.3 is 0 Å². The maximum atomic E-state index is 14.1. The molecule has 2 aromatic rings. The van der Waals surface area contributed by atoms with Crippen molar-refractivity contribution in [3.05, 3.63) is 35.3 Å². The number of aryl methyl sites for hydroxylation is 1. The van der Waals surface area contributed by atoms with Crippen LogP contribution in [0.5, 0.6) is 0 Å². The Kier molecular flexibility index (Phi) is 2.10. The van der Waals surface area contributed by atoms with E-state index in [1.54, 1.807) is 12.1 Å². The van der Waals surface area contributed by atoms with Gasteiger partial charge < -0.3 is 9.88 Å². The molecule has 0 spiro atoms. The molecular formula is C15H17FN2. The largest absolute Gasteiger partial charge is 0.358 e. The average Bonchev–Trinajstić information content (AvgIpc) is 2.88. The van der Waals surface area contributed by atoms with E-state index < -0.39 is 0 Å². The minimum Gasteiger partial charge on any atom is -0.358 e. The number of hydrogen-bond acceptors (Lipinski definition) is 1. The molecule has 0 bridgehead atoms. The number of nitrogens with one attached hydrogen (secondary N) is 1. The van der Waals surface area contributed by atoms with E-state index in [4.69, 9.17) is 0 Å². The summed E-state index contributed by atoms with van der Waals surface area (Å²) in [4.78, 5) is 5.80. The van der Waals surface area contributed by atoms with Gasteiger partial charge in [-0.15, -0.1) is 0 Å². The molecule has 1 aliphatic carbocycles. The Bertz CT molecular complexity index is 616. The van der Waals surface area contributed by atoms with E-state index in [-0.39, 0.29) is 5.82 Å². The normalized spacial score (nSPS) is 27.4. The van der Waals surface area contributed by atoms with Gasteiger partial charge in [0.1, 0.15) is 5.82 Å². The zero-order valence-electron chi connectivity index (χ0n) is 10.5. The Morgan fingerprint density at radius 1 is 1.33 bits per heavy atom. The van der Waals surface area contributed by atoms with Gasteiger partial charge in [0.15, 0.2) is 0 Å². The van der Waals surface area contributed by atoms with Gasteiger partial charge in [0.25, 0.3) is 0 Å². The van der Waals surface area contributed by atoms with Crippen LogP contribution in [-0.2, 0) is 6.42 Å². The maximum Gasteiger partial charge on any atom is 0.132 e. The lowest BCUT2D eigenvalue weighted by Crippen LogP contribution is -2.18. The summed E-state index contributed by atoms with van der Waals surface area (Å²) in [7, 11) is 2.17. The van der Waals surface area contributed by atoms with Gasteiger partial charge in [-0.25, -0.2) is 4.39 Å². The summed E-state index contributed by atoms with van der Waals surface area (Å²) in [5, 5.41) is 0.845. The number of fused-ring (bicyclic) bond motifs is 5. The van der Waals surface area contributed by atoms with Crippen LogP contribution in [0.3, 0.4) is 0 Å². The smallest absolute Gasteiger partial charge is 0.132 e. The van der Waals surface area contributed by atoms with E-state index in [2.05, 4.69) is 16.9 Å². The summed E-state index contributed by atoms with van der Waals surface area (Å²) in [6.45, 7) is 2.23. The number of halogens is 1. The monoisotopic (exact) mass is 244 g/mol. The molecule has 1 aromatic carbocycles. The minimum absolute atomic E-state index is 0.0693. The summed E-state index contributed by atoms with van der Waals surface area (Å²) in [6.07, 6.45) is 2.30. The van der Waals surface area contributed by atoms with Crippen LogP contribution in [0.2, 0.25) is 0 Å². The van der Waals surface area contributed by atoms with Crippen molar-refractivity contribution < 1.29 is 4.39 Å². The Labute approximate surface area is 106 Å². The second-order valence-corrected chi connectivity index (χ2v) is 5.81. The molecule has 0 unspecified atom stereocenters. The van der Waals surface area contributed by atoms with E-state index in [0.29, 0.717) is 11.8 Å². The van der Waals surface area contributed by atoms with Crippen LogP contribution in [0.4, 0.5) is 4.39 Å². The fraction of sp³-hybridized carbons (Fsp3) is 0.467. The fourth-order valence-electron chi connectivity index (χ4n) is 3.93. The van der Waals surface area contributed by atoms with Crippen LogP contribution in [0.1, 0.15) is 23.6 Å². The number of H-pyrrole nitrogens is 1. The highest BCUT2D eigenvalue weighted by atomic mass is 19.1. The van der Waals surface area contributed by atoms with Gasteiger partial charge in [0.2, 0.25) is 0 Å². The number of nitrogens with zero attached hydrogens (tertiary/aromatic N) is 1. The summed E-state index contributed by atoms with van der Waals surface area (Å²) < 4.78 is 14.1. The summed E-state index contributed by atoms with van der Waals surface area (Å²) >= 11 is 0. The Hall–Kier alpha value is -1.35. The number of aromatic amines is 1. The van der Waals surface area contributed by atoms with Crippen LogP contribution in [0.25, 0.3) is 10.9 Å². The summed E-state index contributed by atoms with van der Waals surface area (Å²) in [5.74, 6) is 1.16. The number of hydrogen-bond donors (Lipinski definition) is 1. The molecule has 1 fully saturated rings. The van der Waals surface area contributed by atoms with Crippen molar-refractivity contribution in [3.8, 4) is 0 Å². The first kappa shape index (κ1) is 10.6. The summed E-state index contributed by atoms with van der Waals surface area (Å²) in [6, 6.07) is 5.36. The lowest BCUT2D eigenvalue weighted by molar-refractivity contribution is 0.386. The molecule has 1 aliphatic heterocycles. The molecule has 18 heavy (non-hydrogen) atoms. The molecule has 2 atom stereocenters. The van der Waals surface area contributed by atoms with E-state index in [0.717, 1.165) is 30.4 Å². The standard InChI is InChI=1S/C15H17FN2/c1-18-7-9-5-6-13-14(10(9)8-18)15-11(16)3-2-4-12(15)17-13/h2-4,9-10,17H,5-8H2,1H3/t9-,10-/m0/s1. The fourth-order valence-corrected chi connectivity index (χ4v) is 3.93. The number of rotatable bonds is 0. The molecule has 1 aromatic heterocycles. The molecule has 2 aliphatic rings. The van der Waals surface area contributed by atoms with Crippen LogP contribution in [0.15, 0.2) is 18.2 Å². The number of aromatic nitrogens is 1. The van der Waals surface area contributed by atoms with E-state index in [9.17, 15) is 4.39 Å². The molecule has 1 N–H and O–H groups in total. The molecule has 0 amide bonds. The highest BCUT2D eigenvalue weighted by Crippen LogP contribution is 2.44. The van der Waals surface area contributed by atoms with Crippen molar-refractivity contribution in [1.29, 1.82) is 0 Å². The van der Waals surface area contributed by atoms with Crippen molar-refractivity contribution in [2.24, 2.45) is 5.92 Å². The van der Waals surface area contributed by atoms with Crippen LogP contribution in [0, 0.1) is 11.7 Å². The third kappa shape index (κ3) is 1.31. The average molecular weight is 244 g/mol. The van der Waals surface area contributed by atoms with Crippen molar-refractivity contribution in [2.45, 2.75) is 18.8 Å². The first-order chi connectivity index (χ1) is 8.74. The molecule has 2 heterocycles. The Morgan fingerprint density at radius 3 is 3.11 bits per heavy atom. The highest BCUT2D eigenvalue weighted by Gasteiger charge is 2.38. The molecular weight excluding hydrogens is 227 g/mol. The third-order valence-electron chi connectivity index (χ3n) is 4.65. The first-order valence-corrected chi connectivity index (χ1v) is 6.71. The molecule has 2 nitrogen and oxygen atoms in total. The first-order valence-electron chi connectivity index (χ1n) is 6.71. The van der Waals surface area contributed by atoms with Crippen LogP contribution >= 0.6 is 0 Å². The minimum atomic E-state index is -0.0693. The maximum absolute atomic E-state index is 14.1. The van der Waals surface area contributed by atoms with E-state index in [1.165, 1.54) is 17.7 Å². The van der Waals surface area contributed by atoms with Crippen LogP contribution in [-0.4, -0.2) is 30.0 Å². The van der Waals surface area contributed by atoms with Gasteiger partial charge in [0.05, 0.1) is 0 Å². The number of likely N-dealkylation sites (N-methyl/N-ethyl adjacent to an activating group) is 1. The van der Waals surface area contributed by atoms with Gasteiger partial charge in [-0.1, -0.05) is 6.07 Å². The molecule has 0 saturated carbocycles. The van der Waals surface area contributed by atoms with Gasteiger partial charge in [-0.2, -0.15) is 0 Å². The van der Waals surface area contributed by atoms with Crippen molar-refractivity contribution in [2.75, 3.05) is 20.1 Å². The van der Waals surface area contributed by atoms with Crippen molar-refractivity contribution in [1.82, 2.24) is 9.88 Å². The lowest BCUT2D eigenvalue weighted by Gasteiger charge is -2.25. The predicted octanol–water partition coefficient (Wildman–Crippen LogP) is 2.90. The zero-order chi connectivity index (χ0) is 12.3. The topological polar surface area (TPSA) is 19.0 Å². The Morgan fingerprint density at radius 2 is 2.22 bits per heavy atom. The number of likely N-dealkylation sites (tertiary alicyclic amines) is 1. The molecule has 3 heteroatoms. The SMILES string of the molecule is CN1C[C@@H]2CCc3[nH]c4cccc(F)c4c3[C@H]2C1. The highest BCUT2D eigenvalue weighted by molar-refractivity contribution is 5.86. The molecule has 4 rings (SSSR count). The van der Waals surface area contributed by atoms with E-state index in [1.807, 2.05) is 6.07 Å². The van der Waals surface area contributed by atoms with Crippen molar-refractivity contribution in [3.63, 3.8) is 0 Å². The lowest BCUT2D eigenvalue weighted by atomic mass is 9.79. The van der Waals surface area contributed by atoms with Crippen LogP contribution < -0.4 is 0 Å². The van der Waals surface area contributed by atoms with Crippen molar-refractivity contribution >= 4 is 10.9 Å².